The summed E-state index contributed by atoms with van der Waals surface area (Å²) in [6.45, 7) is 6.74. The number of alkyl halides is 1. The van der Waals surface area contributed by atoms with E-state index in [1.165, 1.54) is 4.90 Å². The van der Waals surface area contributed by atoms with Gasteiger partial charge in [0.25, 0.3) is 0 Å². The maximum absolute atomic E-state index is 12.1. The van der Waals surface area contributed by atoms with Crippen LogP contribution in [-0.4, -0.2) is 53.6 Å². The minimum absolute atomic E-state index is 0.00273. The van der Waals surface area contributed by atoms with E-state index in [-0.39, 0.29) is 29.1 Å². The van der Waals surface area contributed by atoms with Crippen LogP contribution >= 0.6 is 15.9 Å². The summed E-state index contributed by atoms with van der Waals surface area (Å²) in [6, 6.07) is 0. The van der Waals surface area contributed by atoms with E-state index < -0.39 is 0 Å². The number of rotatable bonds is 6. The minimum Gasteiger partial charge on any atom is -0.347 e. The molecule has 0 fully saturated rings. The van der Waals surface area contributed by atoms with Crippen LogP contribution in [0.3, 0.4) is 0 Å². The second kappa shape index (κ2) is 7.69. The molecule has 2 amide bonds. The molecule has 5 heteroatoms. The zero-order valence-electron chi connectivity index (χ0n) is 11.4. The second-order valence-corrected chi connectivity index (χ2v) is 5.68. The summed E-state index contributed by atoms with van der Waals surface area (Å²) < 4.78 is 0. The van der Waals surface area contributed by atoms with Gasteiger partial charge in [0.15, 0.2) is 0 Å². The van der Waals surface area contributed by atoms with Crippen LogP contribution in [0, 0.1) is 5.92 Å². The van der Waals surface area contributed by atoms with Gasteiger partial charge < -0.3 is 9.80 Å². The third-order valence-corrected chi connectivity index (χ3v) is 3.90. The van der Waals surface area contributed by atoms with Crippen LogP contribution < -0.4 is 0 Å². The summed E-state index contributed by atoms with van der Waals surface area (Å²) >= 11 is 3.39. The first-order chi connectivity index (χ1) is 7.81. The first-order valence-corrected chi connectivity index (χ1v) is 6.85. The third kappa shape index (κ3) is 5.52. The van der Waals surface area contributed by atoms with E-state index in [1.807, 2.05) is 20.8 Å². The number of amides is 2. The van der Waals surface area contributed by atoms with Gasteiger partial charge in [-0.1, -0.05) is 36.7 Å². The average molecular weight is 307 g/mol. The van der Waals surface area contributed by atoms with Crippen LogP contribution in [0.5, 0.6) is 0 Å². The molecule has 0 saturated heterocycles. The predicted octanol–water partition coefficient (Wildman–Crippen LogP) is 1.73. The lowest BCUT2D eigenvalue weighted by atomic mass is 10.1. The van der Waals surface area contributed by atoms with Crippen molar-refractivity contribution in [3.8, 4) is 0 Å². The van der Waals surface area contributed by atoms with Gasteiger partial charge in [0.1, 0.15) is 0 Å². The molecule has 0 aromatic rings. The van der Waals surface area contributed by atoms with Crippen molar-refractivity contribution < 1.29 is 9.59 Å². The Balaban J connectivity index is 4.62. The molecule has 0 rings (SSSR count). The van der Waals surface area contributed by atoms with E-state index in [4.69, 9.17) is 0 Å². The fourth-order valence-corrected chi connectivity index (χ4v) is 1.59. The van der Waals surface area contributed by atoms with Crippen LogP contribution in [0.25, 0.3) is 0 Å². The van der Waals surface area contributed by atoms with Gasteiger partial charge in [-0.15, -0.1) is 0 Å². The molecule has 0 aliphatic carbocycles. The lowest BCUT2D eigenvalue weighted by Crippen LogP contribution is -2.44. The predicted molar refractivity (Wildman–Crippen MR) is 73.1 cm³/mol. The van der Waals surface area contributed by atoms with Crippen LogP contribution in [0.1, 0.15) is 27.2 Å². The summed E-state index contributed by atoms with van der Waals surface area (Å²) in [5, 5.41) is 0. The molecule has 0 aromatic carbocycles. The van der Waals surface area contributed by atoms with E-state index in [2.05, 4.69) is 15.9 Å². The fraction of sp³-hybridized carbons (Fsp3) is 0.833. The molecular formula is C12H23BrN2O2. The average Bonchev–Trinajstić information content (AvgIpc) is 2.25. The Hall–Kier alpha value is -0.580. The zero-order chi connectivity index (χ0) is 13.6. The van der Waals surface area contributed by atoms with Crippen molar-refractivity contribution in [1.82, 2.24) is 9.80 Å². The molecular weight excluding hydrogens is 284 g/mol. The molecule has 0 saturated carbocycles. The maximum Gasteiger partial charge on any atom is 0.241 e. The van der Waals surface area contributed by atoms with Crippen LogP contribution in [0.15, 0.2) is 0 Å². The molecule has 0 aromatic heterocycles. The second-order valence-electron chi connectivity index (χ2n) is 4.69. The topological polar surface area (TPSA) is 40.6 Å². The number of hydrogen-bond acceptors (Lipinski definition) is 2. The Morgan fingerprint density at radius 3 is 2.12 bits per heavy atom. The Morgan fingerprint density at radius 1 is 1.24 bits per heavy atom. The Bertz CT molecular complexity index is 267. The monoisotopic (exact) mass is 306 g/mol. The summed E-state index contributed by atoms with van der Waals surface area (Å²) in [5.41, 5.74) is 0. The Morgan fingerprint density at radius 2 is 1.76 bits per heavy atom. The number of hydrogen-bond donors (Lipinski definition) is 0. The maximum atomic E-state index is 12.1. The minimum atomic E-state index is -0.219. The molecule has 4 nitrogen and oxygen atoms in total. The van der Waals surface area contributed by atoms with Gasteiger partial charge in [0.2, 0.25) is 11.8 Å². The highest BCUT2D eigenvalue weighted by Crippen LogP contribution is 2.15. The number of nitrogens with zero attached hydrogens (tertiary/aromatic N) is 2. The quantitative estimate of drug-likeness (QED) is 0.701. The van der Waals surface area contributed by atoms with Crippen molar-refractivity contribution >= 4 is 27.7 Å². The highest BCUT2D eigenvalue weighted by atomic mass is 79.9. The molecule has 0 spiro atoms. The summed E-state index contributed by atoms with van der Waals surface area (Å²) in [6.07, 6.45) is 0.851. The van der Waals surface area contributed by atoms with Crippen molar-refractivity contribution in [2.24, 2.45) is 5.92 Å². The molecule has 17 heavy (non-hydrogen) atoms. The molecule has 1 unspecified atom stereocenters. The molecule has 0 N–H and O–H groups in total. The number of halogens is 1. The van der Waals surface area contributed by atoms with Crippen molar-refractivity contribution in [2.45, 2.75) is 32.0 Å². The smallest absolute Gasteiger partial charge is 0.241 e. The van der Waals surface area contributed by atoms with Crippen LogP contribution in [0.4, 0.5) is 0 Å². The van der Waals surface area contributed by atoms with E-state index in [9.17, 15) is 9.59 Å². The van der Waals surface area contributed by atoms with Gasteiger partial charge in [-0.3, -0.25) is 9.59 Å². The molecule has 100 valence electrons. The van der Waals surface area contributed by atoms with Crippen molar-refractivity contribution in [1.29, 1.82) is 0 Å². The summed E-state index contributed by atoms with van der Waals surface area (Å²) in [4.78, 5) is 26.7. The zero-order valence-corrected chi connectivity index (χ0v) is 13.0. The number of likely N-dealkylation sites (N-methyl/N-ethyl adjacent to an activating group) is 1. The third-order valence-electron chi connectivity index (χ3n) is 2.45. The summed E-state index contributed by atoms with van der Waals surface area (Å²) in [5.74, 6) is 0.170. The SMILES string of the molecule is CCCN(CC(=O)N(C)C)C(=O)C(Br)C(C)C. The Kier molecular flexibility index (Phi) is 7.43. The van der Waals surface area contributed by atoms with E-state index in [0.717, 1.165) is 6.42 Å². The van der Waals surface area contributed by atoms with Crippen molar-refractivity contribution in [3.05, 3.63) is 0 Å². The normalized spacial score (nSPS) is 12.4. The molecule has 0 bridgehead atoms. The van der Waals surface area contributed by atoms with Crippen LogP contribution in [0.2, 0.25) is 0 Å². The molecule has 1 atom stereocenters. The van der Waals surface area contributed by atoms with Crippen molar-refractivity contribution in [3.63, 3.8) is 0 Å². The van der Waals surface area contributed by atoms with E-state index in [1.54, 1.807) is 19.0 Å². The highest BCUT2D eigenvalue weighted by Gasteiger charge is 2.25. The lowest BCUT2D eigenvalue weighted by Gasteiger charge is -2.26. The summed E-state index contributed by atoms with van der Waals surface area (Å²) in [7, 11) is 3.40. The fourth-order valence-electron chi connectivity index (χ4n) is 1.30. The van der Waals surface area contributed by atoms with Gasteiger partial charge >= 0.3 is 0 Å². The van der Waals surface area contributed by atoms with Crippen LogP contribution in [-0.2, 0) is 9.59 Å². The van der Waals surface area contributed by atoms with Crippen molar-refractivity contribution in [2.75, 3.05) is 27.2 Å². The highest BCUT2D eigenvalue weighted by molar-refractivity contribution is 9.10. The molecule has 0 aliphatic heterocycles. The van der Waals surface area contributed by atoms with Gasteiger partial charge in [-0.05, 0) is 12.3 Å². The largest absolute Gasteiger partial charge is 0.347 e. The van der Waals surface area contributed by atoms with Gasteiger partial charge in [0.05, 0.1) is 11.4 Å². The Labute approximate surface area is 112 Å². The number of carbonyl (C=O) groups excluding carboxylic acids is 2. The van der Waals surface area contributed by atoms with E-state index in [0.29, 0.717) is 6.54 Å². The first-order valence-electron chi connectivity index (χ1n) is 5.94. The molecule has 0 heterocycles. The standard InChI is InChI=1S/C12H23BrN2O2/c1-6-7-15(8-10(16)14(4)5)12(17)11(13)9(2)3/h9,11H,6-8H2,1-5H3. The molecule has 0 aliphatic rings. The van der Waals surface area contributed by atoms with Gasteiger partial charge in [-0.2, -0.15) is 0 Å². The van der Waals surface area contributed by atoms with Gasteiger partial charge in [-0.25, -0.2) is 0 Å². The van der Waals surface area contributed by atoms with E-state index >= 15 is 0 Å². The van der Waals surface area contributed by atoms with Gasteiger partial charge in [0, 0.05) is 20.6 Å². The molecule has 0 radical (unpaired) electrons. The lowest BCUT2D eigenvalue weighted by molar-refractivity contribution is -0.139. The first kappa shape index (κ1) is 16.4. The number of carbonyl (C=O) groups is 2.